The van der Waals surface area contributed by atoms with Crippen LogP contribution in [0.5, 0.6) is 0 Å². The normalized spacial score (nSPS) is 20.4. The van der Waals surface area contributed by atoms with E-state index in [1.54, 1.807) is 0 Å². The first-order valence-corrected chi connectivity index (χ1v) is 8.67. The molecule has 0 spiro atoms. The number of benzene rings is 1. The summed E-state index contributed by atoms with van der Waals surface area (Å²) in [7, 11) is 0. The zero-order valence-electron chi connectivity index (χ0n) is 14.5. The minimum absolute atomic E-state index is 0. The molecule has 0 radical (unpaired) electrons. The van der Waals surface area contributed by atoms with Gasteiger partial charge in [0.1, 0.15) is 0 Å². The molecule has 2 saturated heterocycles. The number of nitrogens with one attached hydrogen (secondary N) is 2. The minimum atomic E-state index is 0. The van der Waals surface area contributed by atoms with E-state index in [4.69, 9.17) is 4.74 Å². The van der Waals surface area contributed by atoms with Gasteiger partial charge in [0.15, 0.2) is 0 Å². The second-order valence-corrected chi connectivity index (χ2v) is 6.48. The van der Waals surface area contributed by atoms with E-state index in [9.17, 15) is 4.79 Å². The summed E-state index contributed by atoms with van der Waals surface area (Å²) in [5.74, 6) is 0.142. The lowest BCUT2D eigenvalue weighted by molar-refractivity contribution is -0.121. The summed E-state index contributed by atoms with van der Waals surface area (Å²) in [5, 5.41) is 6.41. The molecule has 2 N–H and O–H groups in total. The third kappa shape index (κ3) is 7.50. The standard InChI is InChI=1S/C18H27N3O2.2ClH/c22-18(12-17-5-2-6-19-17)20-13-15-3-1-4-16(11-15)14-21-7-9-23-10-8-21;;/h1,3-4,11,17,19H,2,5-10,12-14H2,(H,20,22);2*1H. The Bertz CT molecular complexity index is 519. The van der Waals surface area contributed by atoms with Crippen molar-refractivity contribution in [2.24, 2.45) is 0 Å². The van der Waals surface area contributed by atoms with Gasteiger partial charge in [0.2, 0.25) is 5.91 Å². The second-order valence-electron chi connectivity index (χ2n) is 6.48. The molecule has 1 unspecified atom stereocenters. The Morgan fingerprint density at radius 1 is 1.24 bits per heavy atom. The number of ether oxygens (including phenoxy) is 1. The molecule has 0 aromatic heterocycles. The maximum absolute atomic E-state index is 12.0. The van der Waals surface area contributed by atoms with Gasteiger partial charge >= 0.3 is 0 Å². The third-order valence-corrected chi connectivity index (χ3v) is 4.59. The highest BCUT2D eigenvalue weighted by Crippen LogP contribution is 2.11. The van der Waals surface area contributed by atoms with E-state index in [1.165, 1.54) is 17.5 Å². The summed E-state index contributed by atoms with van der Waals surface area (Å²) in [6.07, 6.45) is 2.89. The van der Waals surface area contributed by atoms with Crippen LogP contribution in [0.4, 0.5) is 0 Å². The van der Waals surface area contributed by atoms with Crippen molar-refractivity contribution >= 4 is 30.7 Å². The van der Waals surface area contributed by atoms with Crippen molar-refractivity contribution in [2.45, 2.75) is 38.4 Å². The quantitative estimate of drug-likeness (QED) is 0.782. The van der Waals surface area contributed by atoms with Crippen molar-refractivity contribution in [3.63, 3.8) is 0 Å². The van der Waals surface area contributed by atoms with Crippen LogP contribution in [0, 0.1) is 0 Å². The number of amides is 1. The van der Waals surface area contributed by atoms with E-state index in [2.05, 4.69) is 39.8 Å². The molecule has 1 aromatic rings. The maximum atomic E-state index is 12.0. The zero-order valence-corrected chi connectivity index (χ0v) is 16.2. The highest BCUT2D eigenvalue weighted by molar-refractivity contribution is 5.85. The van der Waals surface area contributed by atoms with Crippen LogP contribution in [0.3, 0.4) is 0 Å². The fourth-order valence-electron chi connectivity index (χ4n) is 3.28. The molecule has 2 fully saturated rings. The topological polar surface area (TPSA) is 53.6 Å². The fraction of sp³-hybridized carbons (Fsp3) is 0.611. The molecule has 1 amide bonds. The van der Waals surface area contributed by atoms with Gasteiger partial charge in [0.05, 0.1) is 13.2 Å². The van der Waals surface area contributed by atoms with Crippen molar-refractivity contribution < 1.29 is 9.53 Å². The summed E-state index contributed by atoms with van der Waals surface area (Å²) < 4.78 is 5.39. The van der Waals surface area contributed by atoms with Crippen molar-refractivity contribution in [3.8, 4) is 0 Å². The van der Waals surface area contributed by atoms with Gasteiger partial charge in [0.25, 0.3) is 0 Å². The number of rotatable bonds is 6. The van der Waals surface area contributed by atoms with Gasteiger partial charge in [-0.3, -0.25) is 9.69 Å². The SMILES string of the molecule is Cl.Cl.O=C(CC1CCCN1)NCc1cccc(CN2CCOCC2)c1. The van der Waals surface area contributed by atoms with Gasteiger partial charge in [-0.1, -0.05) is 24.3 Å². The molecule has 0 bridgehead atoms. The lowest BCUT2D eigenvalue weighted by Gasteiger charge is -2.26. The fourth-order valence-corrected chi connectivity index (χ4v) is 3.28. The highest BCUT2D eigenvalue weighted by atomic mass is 35.5. The van der Waals surface area contributed by atoms with Gasteiger partial charge in [-0.25, -0.2) is 0 Å². The average molecular weight is 390 g/mol. The Hall–Kier alpha value is -0.850. The summed E-state index contributed by atoms with van der Waals surface area (Å²) in [4.78, 5) is 14.4. The first-order chi connectivity index (χ1) is 11.3. The van der Waals surface area contributed by atoms with Crippen LogP contribution in [-0.4, -0.2) is 49.7 Å². The number of halogens is 2. The molecule has 1 atom stereocenters. The molecular formula is C18H29Cl2N3O2. The van der Waals surface area contributed by atoms with Gasteiger partial charge in [-0.15, -0.1) is 24.8 Å². The van der Waals surface area contributed by atoms with Crippen molar-refractivity contribution in [2.75, 3.05) is 32.8 Å². The average Bonchev–Trinajstić information content (AvgIpc) is 3.07. The smallest absolute Gasteiger partial charge is 0.221 e. The Labute approximate surface area is 162 Å². The van der Waals surface area contributed by atoms with Crippen molar-refractivity contribution in [3.05, 3.63) is 35.4 Å². The van der Waals surface area contributed by atoms with Gasteiger partial charge in [0, 0.05) is 38.6 Å². The van der Waals surface area contributed by atoms with Crippen LogP contribution in [0.25, 0.3) is 0 Å². The largest absolute Gasteiger partial charge is 0.379 e. The van der Waals surface area contributed by atoms with E-state index in [0.717, 1.165) is 45.8 Å². The van der Waals surface area contributed by atoms with Crippen LogP contribution in [-0.2, 0) is 22.6 Å². The Balaban J connectivity index is 0.00000156. The van der Waals surface area contributed by atoms with E-state index in [1.807, 2.05) is 0 Å². The highest BCUT2D eigenvalue weighted by Gasteiger charge is 2.17. The summed E-state index contributed by atoms with van der Waals surface area (Å²) in [5.41, 5.74) is 2.47. The molecule has 2 heterocycles. The van der Waals surface area contributed by atoms with Crippen LogP contribution in [0.2, 0.25) is 0 Å². The van der Waals surface area contributed by atoms with Crippen LogP contribution >= 0.6 is 24.8 Å². The van der Waals surface area contributed by atoms with E-state index in [-0.39, 0.29) is 30.7 Å². The number of morpholine rings is 1. The summed E-state index contributed by atoms with van der Waals surface area (Å²) in [6.45, 7) is 6.25. The van der Waals surface area contributed by atoms with Gasteiger partial charge < -0.3 is 15.4 Å². The zero-order chi connectivity index (χ0) is 15.9. The molecule has 0 saturated carbocycles. The number of carbonyl (C=O) groups excluding carboxylic acids is 1. The van der Waals surface area contributed by atoms with E-state index < -0.39 is 0 Å². The molecule has 25 heavy (non-hydrogen) atoms. The van der Waals surface area contributed by atoms with Gasteiger partial charge in [-0.2, -0.15) is 0 Å². The first kappa shape index (κ1) is 22.2. The maximum Gasteiger partial charge on any atom is 0.221 e. The van der Waals surface area contributed by atoms with Gasteiger partial charge in [-0.05, 0) is 30.5 Å². The molecule has 2 aliphatic rings. The van der Waals surface area contributed by atoms with Crippen molar-refractivity contribution in [1.82, 2.24) is 15.5 Å². The lowest BCUT2D eigenvalue weighted by atomic mass is 10.1. The first-order valence-electron chi connectivity index (χ1n) is 8.67. The summed E-state index contributed by atoms with van der Waals surface area (Å²) >= 11 is 0. The molecular weight excluding hydrogens is 361 g/mol. The minimum Gasteiger partial charge on any atom is -0.379 e. The summed E-state index contributed by atoms with van der Waals surface area (Å²) in [6, 6.07) is 8.88. The van der Waals surface area contributed by atoms with Crippen LogP contribution < -0.4 is 10.6 Å². The molecule has 142 valence electrons. The number of nitrogens with zero attached hydrogens (tertiary/aromatic N) is 1. The van der Waals surface area contributed by atoms with E-state index in [0.29, 0.717) is 19.0 Å². The Kier molecular flexibility index (Phi) is 10.4. The number of hydrogen-bond acceptors (Lipinski definition) is 4. The number of carbonyl (C=O) groups is 1. The Morgan fingerprint density at radius 2 is 2.00 bits per heavy atom. The molecule has 7 heteroatoms. The monoisotopic (exact) mass is 389 g/mol. The molecule has 2 aliphatic heterocycles. The molecule has 1 aromatic carbocycles. The molecule has 0 aliphatic carbocycles. The third-order valence-electron chi connectivity index (χ3n) is 4.59. The predicted molar refractivity (Wildman–Crippen MR) is 105 cm³/mol. The molecule has 5 nitrogen and oxygen atoms in total. The van der Waals surface area contributed by atoms with Crippen LogP contribution in [0.15, 0.2) is 24.3 Å². The number of hydrogen-bond donors (Lipinski definition) is 2. The van der Waals surface area contributed by atoms with Crippen molar-refractivity contribution in [1.29, 1.82) is 0 Å². The predicted octanol–water partition coefficient (Wildman–Crippen LogP) is 2.12. The second kappa shape index (κ2) is 11.7. The van der Waals surface area contributed by atoms with E-state index >= 15 is 0 Å². The Morgan fingerprint density at radius 3 is 2.72 bits per heavy atom. The van der Waals surface area contributed by atoms with Crippen LogP contribution in [0.1, 0.15) is 30.4 Å². The lowest BCUT2D eigenvalue weighted by Crippen LogP contribution is -2.35. The molecule has 3 rings (SSSR count).